The molecule has 2 heterocycles. The first-order valence-electron chi connectivity index (χ1n) is 9.50. The Morgan fingerprint density at radius 2 is 1.97 bits per heavy atom. The predicted molar refractivity (Wildman–Crippen MR) is 125 cm³/mol. The SMILES string of the molecule is CC(C)C(=O)Nc1cccc(N=C2NC(=O)/C(=C\c3ccc4nccnc4c3)S2)c1Cl. The number of nitrogens with one attached hydrogen (secondary N) is 2. The number of amides is 2. The number of benzene rings is 2. The number of anilines is 1. The van der Waals surface area contributed by atoms with E-state index in [0.717, 1.165) is 16.6 Å². The van der Waals surface area contributed by atoms with Crippen molar-refractivity contribution < 1.29 is 9.59 Å². The monoisotopic (exact) mass is 451 g/mol. The summed E-state index contributed by atoms with van der Waals surface area (Å²) in [4.78, 5) is 37.9. The standard InChI is InChI=1S/C22H18ClN5O2S/c1-12(2)20(29)26-15-4-3-5-16(19(15)23)27-22-28-21(30)18(31-22)11-13-6-7-14-17(10-13)25-9-8-24-14/h3-12H,1-2H3,(H,26,29)(H,27,28,30)/b18-11+. The molecule has 0 spiro atoms. The average molecular weight is 452 g/mol. The quantitative estimate of drug-likeness (QED) is 0.557. The van der Waals surface area contributed by atoms with Crippen LogP contribution in [0.2, 0.25) is 5.02 Å². The number of amidine groups is 1. The Hall–Kier alpha value is -3.23. The second-order valence-electron chi connectivity index (χ2n) is 7.07. The van der Waals surface area contributed by atoms with E-state index in [0.29, 0.717) is 26.5 Å². The molecule has 31 heavy (non-hydrogen) atoms. The van der Waals surface area contributed by atoms with Gasteiger partial charge in [-0.3, -0.25) is 19.6 Å². The molecule has 1 aromatic heterocycles. The molecule has 0 atom stereocenters. The molecule has 2 amide bonds. The summed E-state index contributed by atoms with van der Waals surface area (Å²) in [7, 11) is 0. The number of thioether (sulfide) groups is 1. The molecule has 3 aromatic rings. The number of rotatable bonds is 4. The lowest BCUT2D eigenvalue weighted by Crippen LogP contribution is -2.19. The molecule has 1 fully saturated rings. The summed E-state index contributed by atoms with van der Waals surface area (Å²) in [5.41, 5.74) is 3.30. The van der Waals surface area contributed by atoms with Crippen molar-refractivity contribution in [2.75, 3.05) is 5.32 Å². The van der Waals surface area contributed by atoms with Crippen LogP contribution in [0.3, 0.4) is 0 Å². The average Bonchev–Trinajstić information content (AvgIpc) is 3.09. The van der Waals surface area contributed by atoms with Gasteiger partial charge in [0.05, 0.1) is 32.3 Å². The molecule has 9 heteroatoms. The largest absolute Gasteiger partial charge is 0.324 e. The summed E-state index contributed by atoms with van der Waals surface area (Å²) in [6, 6.07) is 10.8. The number of aromatic nitrogens is 2. The fourth-order valence-electron chi connectivity index (χ4n) is 2.79. The van der Waals surface area contributed by atoms with E-state index in [4.69, 9.17) is 11.6 Å². The first kappa shape index (κ1) is 21.0. The minimum Gasteiger partial charge on any atom is -0.324 e. The van der Waals surface area contributed by atoms with Crippen molar-refractivity contribution >= 4 is 68.8 Å². The molecule has 0 aliphatic carbocycles. The van der Waals surface area contributed by atoms with Crippen LogP contribution in [-0.2, 0) is 9.59 Å². The van der Waals surface area contributed by atoms with Gasteiger partial charge < -0.3 is 10.6 Å². The number of hydrogen-bond acceptors (Lipinski definition) is 6. The number of hydrogen-bond donors (Lipinski definition) is 2. The molecule has 0 unspecified atom stereocenters. The van der Waals surface area contributed by atoms with Gasteiger partial charge in [0.15, 0.2) is 5.17 Å². The molecule has 2 N–H and O–H groups in total. The van der Waals surface area contributed by atoms with Crippen LogP contribution in [0, 0.1) is 5.92 Å². The molecule has 0 bridgehead atoms. The topological polar surface area (TPSA) is 96.3 Å². The van der Waals surface area contributed by atoms with Crippen molar-refractivity contribution in [3.05, 3.63) is 64.3 Å². The van der Waals surface area contributed by atoms with Crippen LogP contribution in [0.5, 0.6) is 0 Å². The first-order chi connectivity index (χ1) is 14.9. The zero-order valence-electron chi connectivity index (χ0n) is 16.7. The maximum atomic E-state index is 12.4. The Balaban J connectivity index is 1.57. The predicted octanol–water partition coefficient (Wildman–Crippen LogP) is 4.77. The smallest absolute Gasteiger partial charge is 0.264 e. The Morgan fingerprint density at radius 1 is 1.19 bits per heavy atom. The number of fused-ring (bicyclic) bond motifs is 1. The van der Waals surface area contributed by atoms with E-state index in [2.05, 4.69) is 25.6 Å². The lowest BCUT2D eigenvalue weighted by Gasteiger charge is -2.10. The normalized spacial score (nSPS) is 16.3. The molecule has 1 aliphatic rings. The summed E-state index contributed by atoms with van der Waals surface area (Å²) < 4.78 is 0. The van der Waals surface area contributed by atoms with E-state index in [-0.39, 0.29) is 17.7 Å². The van der Waals surface area contributed by atoms with Crippen LogP contribution in [0.25, 0.3) is 17.1 Å². The van der Waals surface area contributed by atoms with E-state index >= 15 is 0 Å². The fourth-order valence-corrected chi connectivity index (χ4v) is 3.84. The highest BCUT2D eigenvalue weighted by atomic mass is 35.5. The molecule has 156 valence electrons. The van der Waals surface area contributed by atoms with Crippen molar-refractivity contribution in [1.29, 1.82) is 0 Å². The highest BCUT2D eigenvalue weighted by molar-refractivity contribution is 8.18. The highest BCUT2D eigenvalue weighted by Crippen LogP contribution is 2.35. The van der Waals surface area contributed by atoms with E-state index in [1.54, 1.807) is 50.5 Å². The van der Waals surface area contributed by atoms with E-state index in [1.807, 2.05) is 18.2 Å². The van der Waals surface area contributed by atoms with Gasteiger partial charge in [-0.2, -0.15) is 0 Å². The molecule has 1 saturated heterocycles. The van der Waals surface area contributed by atoms with Gasteiger partial charge in [-0.15, -0.1) is 0 Å². The summed E-state index contributed by atoms with van der Waals surface area (Å²) >= 11 is 7.64. The van der Waals surface area contributed by atoms with Gasteiger partial charge in [0.2, 0.25) is 5.91 Å². The minimum absolute atomic E-state index is 0.138. The summed E-state index contributed by atoms with van der Waals surface area (Å²) in [5, 5.41) is 6.25. The lowest BCUT2D eigenvalue weighted by molar-refractivity contribution is -0.119. The Labute approximate surface area is 188 Å². The van der Waals surface area contributed by atoms with Crippen LogP contribution in [-0.4, -0.2) is 26.9 Å². The van der Waals surface area contributed by atoms with Crippen LogP contribution in [0.1, 0.15) is 19.4 Å². The van der Waals surface area contributed by atoms with Crippen LogP contribution in [0.4, 0.5) is 11.4 Å². The van der Waals surface area contributed by atoms with Crippen molar-refractivity contribution in [1.82, 2.24) is 15.3 Å². The van der Waals surface area contributed by atoms with E-state index in [9.17, 15) is 9.59 Å². The lowest BCUT2D eigenvalue weighted by atomic mass is 10.2. The van der Waals surface area contributed by atoms with Gasteiger partial charge in [0.1, 0.15) is 0 Å². The molecule has 7 nitrogen and oxygen atoms in total. The third-order valence-electron chi connectivity index (χ3n) is 4.42. The second-order valence-corrected chi connectivity index (χ2v) is 8.48. The Bertz CT molecular complexity index is 1260. The highest BCUT2D eigenvalue weighted by Gasteiger charge is 2.24. The van der Waals surface area contributed by atoms with E-state index < -0.39 is 0 Å². The van der Waals surface area contributed by atoms with Gasteiger partial charge in [-0.1, -0.05) is 37.6 Å². The third kappa shape index (κ3) is 4.76. The van der Waals surface area contributed by atoms with Crippen LogP contribution >= 0.6 is 23.4 Å². The maximum absolute atomic E-state index is 12.4. The van der Waals surface area contributed by atoms with Gasteiger partial charge >= 0.3 is 0 Å². The van der Waals surface area contributed by atoms with E-state index in [1.165, 1.54) is 11.8 Å². The van der Waals surface area contributed by atoms with Crippen molar-refractivity contribution in [2.45, 2.75) is 13.8 Å². The molecule has 2 aromatic carbocycles. The number of carbonyl (C=O) groups is 2. The second kappa shape index (κ2) is 8.87. The van der Waals surface area contributed by atoms with Crippen LogP contribution < -0.4 is 10.6 Å². The number of carbonyl (C=O) groups excluding carboxylic acids is 2. The minimum atomic E-state index is -0.247. The van der Waals surface area contributed by atoms with Crippen molar-refractivity contribution in [2.24, 2.45) is 10.9 Å². The first-order valence-corrected chi connectivity index (χ1v) is 10.7. The summed E-state index contributed by atoms with van der Waals surface area (Å²) in [6.45, 7) is 3.60. The summed E-state index contributed by atoms with van der Waals surface area (Å²) in [6.07, 6.45) is 5.04. The number of aliphatic imine (C=N–C) groups is 1. The maximum Gasteiger partial charge on any atom is 0.264 e. The number of halogens is 1. The third-order valence-corrected chi connectivity index (χ3v) is 5.73. The fraction of sp³-hybridized carbons (Fsp3) is 0.136. The molecule has 0 radical (unpaired) electrons. The van der Waals surface area contributed by atoms with Gasteiger partial charge in [-0.05, 0) is 47.7 Å². The molecular weight excluding hydrogens is 434 g/mol. The Kier molecular flexibility index (Phi) is 6.01. The van der Waals surface area contributed by atoms with Gasteiger partial charge in [0, 0.05) is 18.3 Å². The van der Waals surface area contributed by atoms with Crippen molar-refractivity contribution in [3.8, 4) is 0 Å². The molecule has 4 rings (SSSR count). The van der Waals surface area contributed by atoms with Crippen LogP contribution in [0.15, 0.2) is 58.7 Å². The number of nitrogens with zero attached hydrogens (tertiary/aromatic N) is 3. The Morgan fingerprint density at radius 3 is 2.74 bits per heavy atom. The molecule has 0 saturated carbocycles. The molecule has 1 aliphatic heterocycles. The van der Waals surface area contributed by atoms with Gasteiger partial charge in [-0.25, -0.2) is 4.99 Å². The summed E-state index contributed by atoms with van der Waals surface area (Å²) in [5.74, 6) is -0.562. The zero-order valence-corrected chi connectivity index (χ0v) is 18.3. The zero-order chi connectivity index (χ0) is 22.0. The van der Waals surface area contributed by atoms with Gasteiger partial charge in [0.25, 0.3) is 5.91 Å². The molecular formula is C22H18ClN5O2S. The van der Waals surface area contributed by atoms with Crippen molar-refractivity contribution in [3.63, 3.8) is 0 Å².